The molecule has 92 valence electrons. The molecular weight excluding hydrogens is 214 g/mol. The van der Waals surface area contributed by atoms with Crippen LogP contribution in [-0.2, 0) is 4.79 Å². The molecule has 2 rings (SSSR count). The first-order chi connectivity index (χ1) is 8.27. The van der Waals surface area contributed by atoms with Crippen LogP contribution in [0.15, 0.2) is 24.5 Å². The van der Waals surface area contributed by atoms with E-state index in [0.717, 1.165) is 24.9 Å². The van der Waals surface area contributed by atoms with Gasteiger partial charge in [0.1, 0.15) is 0 Å². The van der Waals surface area contributed by atoms with Gasteiger partial charge in [-0.05, 0) is 37.9 Å². The highest BCUT2D eigenvalue weighted by Gasteiger charge is 2.21. The summed E-state index contributed by atoms with van der Waals surface area (Å²) in [5.41, 5.74) is 1.04. The third kappa shape index (κ3) is 3.27. The fourth-order valence-corrected chi connectivity index (χ4v) is 2.11. The van der Waals surface area contributed by atoms with Crippen molar-refractivity contribution in [2.45, 2.75) is 38.3 Å². The van der Waals surface area contributed by atoms with E-state index in [1.54, 1.807) is 12.4 Å². The number of carbonyl (C=O) groups excluding carboxylic acids is 1. The summed E-state index contributed by atoms with van der Waals surface area (Å²) >= 11 is 0. The third-order valence-corrected chi connectivity index (χ3v) is 3.17. The average molecular weight is 233 g/mol. The van der Waals surface area contributed by atoms with Gasteiger partial charge in [0.25, 0.3) is 0 Å². The van der Waals surface area contributed by atoms with Crippen LogP contribution in [0.5, 0.6) is 0 Å². The van der Waals surface area contributed by atoms with Crippen molar-refractivity contribution in [3.05, 3.63) is 30.1 Å². The minimum absolute atomic E-state index is 0.0138. The number of piperidine rings is 1. The summed E-state index contributed by atoms with van der Waals surface area (Å²) in [7, 11) is 0. The van der Waals surface area contributed by atoms with Gasteiger partial charge in [-0.1, -0.05) is 12.5 Å². The van der Waals surface area contributed by atoms with Crippen LogP contribution >= 0.6 is 0 Å². The highest BCUT2D eigenvalue weighted by molar-refractivity contribution is 5.82. The van der Waals surface area contributed by atoms with Crippen molar-refractivity contribution in [3.8, 4) is 0 Å². The summed E-state index contributed by atoms with van der Waals surface area (Å²) in [5.74, 6) is 0.0982. The van der Waals surface area contributed by atoms with Gasteiger partial charge in [-0.3, -0.25) is 9.78 Å². The molecule has 0 saturated carbocycles. The largest absolute Gasteiger partial charge is 0.348 e. The maximum atomic E-state index is 12.0. The van der Waals surface area contributed by atoms with E-state index >= 15 is 0 Å². The third-order valence-electron chi connectivity index (χ3n) is 3.17. The Morgan fingerprint density at radius 3 is 3.12 bits per heavy atom. The SMILES string of the molecule is C[C@H](NC(=O)C1CCCCN1)c1cccnc1. The van der Waals surface area contributed by atoms with E-state index in [-0.39, 0.29) is 18.0 Å². The van der Waals surface area contributed by atoms with Gasteiger partial charge in [0, 0.05) is 12.4 Å². The number of amides is 1. The second kappa shape index (κ2) is 5.77. The molecule has 1 aliphatic heterocycles. The molecular formula is C13H19N3O. The molecule has 0 aliphatic carbocycles. The fourth-order valence-electron chi connectivity index (χ4n) is 2.11. The normalized spacial score (nSPS) is 21.8. The van der Waals surface area contributed by atoms with E-state index in [1.165, 1.54) is 6.42 Å². The molecule has 0 aromatic carbocycles. The lowest BCUT2D eigenvalue weighted by molar-refractivity contribution is -0.124. The predicted octanol–water partition coefficient (Wildman–Crippen LogP) is 1.40. The first-order valence-corrected chi connectivity index (χ1v) is 6.21. The van der Waals surface area contributed by atoms with Gasteiger partial charge in [0.05, 0.1) is 12.1 Å². The molecule has 1 unspecified atom stereocenters. The smallest absolute Gasteiger partial charge is 0.237 e. The molecule has 0 spiro atoms. The van der Waals surface area contributed by atoms with Crippen LogP contribution < -0.4 is 10.6 Å². The number of nitrogens with one attached hydrogen (secondary N) is 2. The Labute approximate surface area is 102 Å². The van der Waals surface area contributed by atoms with E-state index in [1.807, 2.05) is 19.1 Å². The maximum absolute atomic E-state index is 12.0. The number of rotatable bonds is 3. The van der Waals surface area contributed by atoms with Crippen LogP contribution in [0, 0.1) is 0 Å². The van der Waals surface area contributed by atoms with E-state index < -0.39 is 0 Å². The Kier molecular flexibility index (Phi) is 4.09. The maximum Gasteiger partial charge on any atom is 0.237 e. The monoisotopic (exact) mass is 233 g/mol. The zero-order valence-electron chi connectivity index (χ0n) is 10.1. The molecule has 1 aromatic heterocycles. The van der Waals surface area contributed by atoms with Gasteiger partial charge >= 0.3 is 0 Å². The Hall–Kier alpha value is -1.42. The fraction of sp³-hybridized carbons (Fsp3) is 0.538. The van der Waals surface area contributed by atoms with Gasteiger partial charge in [-0.2, -0.15) is 0 Å². The number of nitrogens with zero attached hydrogens (tertiary/aromatic N) is 1. The molecule has 4 heteroatoms. The molecule has 1 amide bonds. The summed E-state index contributed by atoms with van der Waals surface area (Å²) in [4.78, 5) is 16.0. The Morgan fingerprint density at radius 2 is 2.47 bits per heavy atom. The second-order valence-electron chi connectivity index (χ2n) is 4.52. The first kappa shape index (κ1) is 12.0. The van der Waals surface area contributed by atoms with Crippen LogP contribution in [0.2, 0.25) is 0 Å². The van der Waals surface area contributed by atoms with E-state index in [0.29, 0.717) is 0 Å². The predicted molar refractivity (Wildman–Crippen MR) is 66.4 cm³/mol. The number of aromatic nitrogens is 1. The van der Waals surface area contributed by atoms with Gasteiger partial charge in [0.2, 0.25) is 5.91 Å². The van der Waals surface area contributed by atoms with E-state index in [4.69, 9.17) is 0 Å². The van der Waals surface area contributed by atoms with Crippen molar-refractivity contribution in [2.75, 3.05) is 6.54 Å². The molecule has 0 bridgehead atoms. The van der Waals surface area contributed by atoms with Gasteiger partial charge < -0.3 is 10.6 Å². The zero-order valence-corrected chi connectivity index (χ0v) is 10.1. The molecule has 2 atom stereocenters. The summed E-state index contributed by atoms with van der Waals surface area (Å²) in [5, 5.41) is 6.27. The molecule has 0 radical (unpaired) electrons. The first-order valence-electron chi connectivity index (χ1n) is 6.21. The standard InChI is InChI=1S/C13H19N3O/c1-10(11-5-4-7-14-9-11)16-13(17)12-6-2-3-8-15-12/h4-5,7,9-10,12,15H,2-3,6,8H2,1H3,(H,16,17)/t10-,12?/m0/s1. The van der Waals surface area contributed by atoms with Crippen LogP contribution in [0.3, 0.4) is 0 Å². The van der Waals surface area contributed by atoms with Gasteiger partial charge in [-0.15, -0.1) is 0 Å². The van der Waals surface area contributed by atoms with Crippen molar-refractivity contribution in [3.63, 3.8) is 0 Å². The second-order valence-corrected chi connectivity index (χ2v) is 4.52. The molecule has 1 aromatic rings. The van der Waals surface area contributed by atoms with E-state index in [9.17, 15) is 4.79 Å². The lowest BCUT2D eigenvalue weighted by Crippen LogP contribution is -2.47. The topological polar surface area (TPSA) is 54.0 Å². The molecule has 17 heavy (non-hydrogen) atoms. The molecule has 4 nitrogen and oxygen atoms in total. The van der Waals surface area contributed by atoms with Crippen LogP contribution in [-0.4, -0.2) is 23.5 Å². The van der Waals surface area contributed by atoms with Crippen LogP contribution in [0.1, 0.15) is 37.8 Å². The molecule has 2 heterocycles. The Balaban J connectivity index is 1.89. The average Bonchev–Trinajstić information content (AvgIpc) is 2.40. The summed E-state index contributed by atoms with van der Waals surface area (Å²) in [6, 6.07) is 3.85. The van der Waals surface area contributed by atoms with Crippen LogP contribution in [0.4, 0.5) is 0 Å². The minimum Gasteiger partial charge on any atom is -0.348 e. The van der Waals surface area contributed by atoms with Gasteiger partial charge in [0.15, 0.2) is 0 Å². The quantitative estimate of drug-likeness (QED) is 0.829. The molecule has 2 N–H and O–H groups in total. The minimum atomic E-state index is -0.0251. The van der Waals surface area contributed by atoms with Gasteiger partial charge in [-0.25, -0.2) is 0 Å². The number of pyridine rings is 1. The van der Waals surface area contributed by atoms with Crippen molar-refractivity contribution >= 4 is 5.91 Å². The summed E-state index contributed by atoms with van der Waals surface area (Å²) in [6.45, 7) is 2.93. The highest BCUT2D eigenvalue weighted by atomic mass is 16.2. The number of hydrogen-bond donors (Lipinski definition) is 2. The lowest BCUT2D eigenvalue weighted by Gasteiger charge is -2.24. The highest BCUT2D eigenvalue weighted by Crippen LogP contribution is 2.12. The molecule has 1 saturated heterocycles. The Bertz CT molecular complexity index is 360. The van der Waals surface area contributed by atoms with Crippen LogP contribution in [0.25, 0.3) is 0 Å². The Morgan fingerprint density at radius 1 is 1.59 bits per heavy atom. The van der Waals surface area contributed by atoms with E-state index in [2.05, 4.69) is 15.6 Å². The van der Waals surface area contributed by atoms with Crippen molar-refractivity contribution in [2.24, 2.45) is 0 Å². The lowest BCUT2D eigenvalue weighted by atomic mass is 10.0. The van der Waals surface area contributed by atoms with Crippen molar-refractivity contribution < 1.29 is 4.79 Å². The summed E-state index contributed by atoms with van der Waals surface area (Å²) < 4.78 is 0. The van der Waals surface area contributed by atoms with Crippen molar-refractivity contribution in [1.29, 1.82) is 0 Å². The molecule has 1 aliphatic rings. The zero-order chi connectivity index (χ0) is 12.1. The van der Waals surface area contributed by atoms with Crippen molar-refractivity contribution in [1.82, 2.24) is 15.6 Å². The molecule has 1 fully saturated rings. The number of hydrogen-bond acceptors (Lipinski definition) is 3. The number of carbonyl (C=O) groups is 1. The summed E-state index contributed by atoms with van der Waals surface area (Å²) in [6.07, 6.45) is 6.76.